The van der Waals surface area contributed by atoms with Crippen molar-refractivity contribution in [2.75, 3.05) is 0 Å². The number of carbonyl (C=O) groups is 6. The average Bonchev–Trinajstić information content (AvgIpc) is 2.97. The van der Waals surface area contributed by atoms with Crippen LogP contribution in [0.1, 0.15) is 107 Å². The highest BCUT2D eigenvalue weighted by Crippen LogP contribution is 2.23. The summed E-state index contributed by atoms with van der Waals surface area (Å²) in [7, 11) is 0. The van der Waals surface area contributed by atoms with Gasteiger partial charge in [0.1, 0.15) is 11.6 Å². The minimum Gasteiger partial charge on any atom is -0.299 e. The molecule has 0 saturated heterocycles. The minimum atomic E-state index is -4.90. The Kier molecular flexibility index (Phi) is 18.9. The minimum absolute atomic E-state index is 0. The van der Waals surface area contributed by atoms with Crippen molar-refractivity contribution >= 4 is 34.7 Å². The molecule has 0 atom stereocenters. The molecule has 0 fully saturated rings. The maximum atomic E-state index is 11.8. The molecule has 0 aliphatic carbocycles. The normalized spacial score (nSPS) is 10.7. The summed E-state index contributed by atoms with van der Waals surface area (Å²) in [6.45, 7) is 9.89. The number of benzene rings is 3. The molecule has 256 valence electrons. The summed E-state index contributed by atoms with van der Waals surface area (Å²) in [5.74, 6) is -3.08. The molecule has 0 amide bonds. The number of rotatable bonds is 9. The molecule has 0 aromatic heterocycles. The van der Waals surface area contributed by atoms with E-state index in [0.717, 1.165) is 0 Å². The standard InChI is InChI=1S/C15H12O2.C13H16O2.C8H11F3O2.2CH4/c16-14(12-7-3-1-4-8-12)11-15(17)13-9-5-2-6-10-13;1-13(2,3)12(15)9-11(14)10-7-5-4-6-8-10;1-7(2,3)5(12)4-6(13)8(9,10)11;;/h1-10H,11H2;4-8H,9H2,1-3H3;4H2,1-3H3;2*1H4. The molecule has 47 heavy (non-hydrogen) atoms. The first-order valence-electron chi connectivity index (χ1n) is 14.1. The molecule has 0 N–H and O–H groups in total. The quantitative estimate of drug-likeness (QED) is 0.168. The molecular weight excluding hydrogens is 609 g/mol. The van der Waals surface area contributed by atoms with E-state index in [0.29, 0.717) is 16.7 Å². The van der Waals surface area contributed by atoms with Crippen molar-refractivity contribution in [1.82, 2.24) is 0 Å². The lowest BCUT2D eigenvalue weighted by atomic mass is 9.87. The van der Waals surface area contributed by atoms with Gasteiger partial charge in [0.25, 0.3) is 0 Å². The Bertz CT molecular complexity index is 1370. The number of alkyl halides is 3. The number of hydrogen-bond acceptors (Lipinski definition) is 6. The molecule has 3 aromatic carbocycles. The molecule has 9 heteroatoms. The lowest BCUT2D eigenvalue weighted by Crippen LogP contribution is -2.30. The van der Waals surface area contributed by atoms with Gasteiger partial charge in [-0.05, 0) is 0 Å². The molecule has 0 bridgehead atoms. The van der Waals surface area contributed by atoms with Gasteiger partial charge in [-0.3, -0.25) is 28.8 Å². The second-order valence-electron chi connectivity index (χ2n) is 12.2. The first kappa shape index (κ1) is 44.6. The second kappa shape index (κ2) is 19.9. The van der Waals surface area contributed by atoms with E-state index in [9.17, 15) is 41.9 Å². The summed E-state index contributed by atoms with van der Waals surface area (Å²) >= 11 is 0. The third-order valence-electron chi connectivity index (χ3n) is 6.24. The van der Waals surface area contributed by atoms with Crippen molar-refractivity contribution in [2.24, 2.45) is 10.8 Å². The van der Waals surface area contributed by atoms with Gasteiger partial charge < -0.3 is 0 Å². The summed E-state index contributed by atoms with van der Waals surface area (Å²) in [6, 6.07) is 26.7. The summed E-state index contributed by atoms with van der Waals surface area (Å²) < 4.78 is 35.1. The average molecular weight is 657 g/mol. The van der Waals surface area contributed by atoms with Crippen LogP contribution in [0.15, 0.2) is 91.0 Å². The van der Waals surface area contributed by atoms with Gasteiger partial charge in [-0.2, -0.15) is 13.2 Å². The topological polar surface area (TPSA) is 102 Å². The van der Waals surface area contributed by atoms with Crippen LogP contribution in [0.5, 0.6) is 0 Å². The third-order valence-corrected chi connectivity index (χ3v) is 6.24. The highest BCUT2D eigenvalue weighted by Gasteiger charge is 2.40. The maximum absolute atomic E-state index is 11.8. The van der Waals surface area contributed by atoms with Crippen molar-refractivity contribution in [3.05, 3.63) is 108 Å². The van der Waals surface area contributed by atoms with Gasteiger partial charge >= 0.3 is 6.18 Å². The molecule has 6 nitrogen and oxygen atoms in total. The summed E-state index contributed by atoms with van der Waals surface area (Å²) in [4.78, 5) is 68.3. The van der Waals surface area contributed by atoms with Gasteiger partial charge in [0.05, 0.1) is 19.3 Å². The van der Waals surface area contributed by atoms with E-state index in [-0.39, 0.29) is 50.8 Å². The molecule has 0 heterocycles. The number of halogens is 3. The van der Waals surface area contributed by atoms with Crippen LogP contribution >= 0.6 is 0 Å². The van der Waals surface area contributed by atoms with Crippen LogP contribution in [0, 0.1) is 10.8 Å². The van der Waals surface area contributed by atoms with Crippen molar-refractivity contribution in [1.29, 1.82) is 0 Å². The predicted molar refractivity (Wildman–Crippen MR) is 180 cm³/mol. The van der Waals surface area contributed by atoms with Crippen LogP contribution in [-0.4, -0.2) is 40.9 Å². The van der Waals surface area contributed by atoms with E-state index in [1.807, 2.05) is 39.0 Å². The van der Waals surface area contributed by atoms with E-state index >= 15 is 0 Å². The molecule has 0 aliphatic heterocycles. The molecule has 0 aliphatic rings. The van der Waals surface area contributed by atoms with Gasteiger partial charge in [-0.15, -0.1) is 0 Å². The number of carbonyl (C=O) groups excluding carboxylic acids is 6. The highest BCUT2D eigenvalue weighted by molar-refractivity contribution is 6.13. The Balaban J connectivity index is 0. The Hall–Kier alpha value is -4.53. The zero-order valence-electron chi connectivity index (χ0n) is 26.4. The zero-order chi connectivity index (χ0) is 34.4. The molecule has 3 aromatic rings. The fourth-order valence-corrected chi connectivity index (χ4v) is 3.25. The van der Waals surface area contributed by atoms with Crippen molar-refractivity contribution in [2.45, 2.75) is 81.8 Å². The molecular formula is C38H47F3O6. The monoisotopic (exact) mass is 656 g/mol. The first-order valence-corrected chi connectivity index (χ1v) is 14.1. The van der Waals surface area contributed by atoms with Crippen molar-refractivity contribution in [3.8, 4) is 0 Å². The largest absolute Gasteiger partial charge is 0.450 e. The summed E-state index contributed by atoms with van der Waals surface area (Å²) in [6.07, 6.45) is -6.05. The van der Waals surface area contributed by atoms with Gasteiger partial charge in [0.15, 0.2) is 17.3 Å². The predicted octanol–water partition coefficient (Wildman–Crippen LogP) is 9.41. The van der Waals surface area contributed by atoms with Crippen LogP contribution < -0.4 is 0 Å². The first-order chi connectivity index (χ1) is 20.7. The lowest BCUT2D eigenvalue weighted by Gasteiger charge is -2.16. The fraction of sp³-hybridized carbons (Fsp3) is 0.368. The van der Waals surface area contributed by atoms with E-state index in [1.54, 1.807) is 72.8 Å². The molecule has 0 saturated carbocycles. The zero-order valence-corrected chi connectivity index (χ0v) is 26.4. The smallest absolute Gasteiger partial charge is 0.299 e. The van der Waals surface area contributed by atoms with Crippen LogP contribution in [0.2, 0.25) is 0 Å². The molecule has 0 spiro atoms. The maximum Gasteiger partial charge on any atom is 0.450 e. The number of hydrogen-bond donors (Lipinski definition) is 0. The Labute approximate surface area is 276 Å². The van der Waals surface area contributed by atoms with E-state index in [4.69, 9.17) is 0 Å². The Morgan fingerprint density at radius 2 is 0.681 bits per heavy atom. The SMILES string of the molecule is C.C.CC(C)(C)C(=O)CC(=O)C(F)(F)F.CC(C)(C)C(=O)CC(=O)c1ccccc1.O=C(CC(=O)c1ccccc1)c1ccccc1. The fourth-order valence-electron chi connectivity index (χ4n) is 3.25. The van der Waals surface area contributed by atoms with Crippen LogP contribution in [0.4, 0.5) is 13.2 Å². The van der Waals surface area contributed by atoms with Gasteiger partial charge in [0, 0.05) is 27.5 Å². The van der Waals surface area contributed by atoms with Gasteiger partial charge in [0.2, 0.25) is 5.78 Å². The van der Waals surface area contributed by atoms with Crippen molar-refractivity contribution in [3.63, 3.8) is 0 Å². The molecule has 0 unspecified atom stereocenters. The second-order valence-corrected chi connectivity index (χ2v) is 12.2. The van der Waals surface area contributed by atoms with E-state index in [1.165, 1.54) is 20.8 Å². The molecule has 0 radical (unpaired) electrons. The summed E-state index contributed by atoms with van der Waals surface area (Å²) in [5, 5.41) is 0. The summed E-state index contributed by atoms with van der Waals surface area (Å²) in [5.41, 5.74) is 0.425. The van der Waals surface area contributed by atoms with Gasteiger partial charge in [-0.25, -0.2) is 0 Å². The third kappa shape index (κ3) is 17.1. The lowest BCUT2D eigenvalue weighted by molar-refractivity contribution is -0.172. The van der Waals surface area contributed by atoms with Crippen LogP contribution in [0.3, 0.4) is 0 Å². The van der Waals surface area contributed by atoms with Crippen LogP contribution in [-0.2, 0) is 14.4 Å². The van der Waals surface area contributed by atoms with E-state index < -0.39 is 35.0 Å². The number of Topliss-reactive ketones (excluding diaryl/α,β-unsaturated/α-hetero) is 6. The van der Waals surface area contributed by atoms with Crippen molar-refractivity contribution < 1.29 is 41.9 Å². The van der Waals surface area contributed by atoms with Crippen LogP contribution in [0.25, 0.3) is 0 Å². The van der Waals surface area contributed by atoms with Gasteiger partial charge in [-0.1, -0.05) is 147 Å². The molecule has 3 rings (SSSR count). The Morgan fingerprint density at radius 3 is 0.936 bits per heavy atom. The Morgan fingerprint density at radius 1 is 0.426 bits per heavy atom. The van der Waals surface area contributed by atoms with E-state index in [2.05, 4.69) is 0 Å². The highest BCUT2D eigenvalue weighted by atomic mass is 19.4. The number of ketones is 6.